The first-order chi connectivity index (χ1) is 10.2. The highest BCUT2D eigenvalue weighted by atomic mass is 16.3. The molecule has 2 unspecified atom stereocenters. The molecule has 0 saturated carbocycles. The molecule has 2 heteroatoms. The lowest BCUT2D eigenvalue weighted by Gasteiger charge is -2.22. The third-order valence-corrected chi connectivity index (χ3v) is 3.97. The Morgan fingerprint density at radius 2 is 1.57 bits per heavy atom. The van der Waals surface area contributed by atoms with Crippen LogP contribution in [0.15, 0.2) is 54.6 Å². The fourth-order valence-electron chi connectivity index (χ4n) is 2.61. The molecule has 0 fully saturated rings. The first-order valence-corrected chi connectivity index (χ1v) is 7.77. The van der Waals surface area contributed by atoms with Crippen LogP contribution in [0.5, 0.6) is 0 Å². The molecule has 112 valence electrons. The van der Waals surface area contributed by atoms with Crippen molar-refractivity contribution in [2.75, 3.05) is 6.61 Å². The van der Waals surface area contributed by atoms with Gasteiger partial charge in [0.2, 0.25) is 0 Å². The van der Waals surface area contributed by atoms with Gasteiger partial charge in [-0.15, -0.1) is 0 Å². The van der Waals surface area contributed by atoms with E-state index in [1.807, 2.05) is 6.07 Å². The van der Waals surface area contributed by atoms with Crippen molar-refractivity contribution in [1.82, 2.24) is 5.32 Å². The van der Waals surface area contributed by atoms with Gasteiger partial charge >= 0.3 is 0 Å². The lowest BCUT2D eigenvalue weighted by atomic mass is 10.0. The van der Waals surface area contributed by atoms with Crippen LogP contribution in [0.1, 0.15) is 38.3 Å². The van der Waals surface area contributed by atoms with Crippen molar-refractivity contribution in [2.45, 2.75) is 38.8 Å². The Bertz CT molecular complexity index is 521. The summed E-state index contributed by atoms with van der Waals surface area (Å²) in [5.41, 5.74) is 3.77. The van der Waals surface area contributed by atoms with Gasteiger partial charge in [0.25, 0.3) is 0 Å². The van der Waals surface area contributed by atoms with Crippen molar-refractivity contribution in [2.24, 2.45) is 0 Å². The van der Waals surface area contributed by atoms with Gasteiger partial charge in [0.05, 0.1) is 0 Å². The minimum absolute atomic E-state index is 0.241. The second kappa shape index (κ2) is 7.96. The van der Waals surface area contributed by atoms with Gasteiger partial charge in [-0.25, -0.2) is 0 Å². The van der Waals surface area contributed by atoms with E-state index in [-0.39, 0.29) is 6.61 Å². The first kappa shape index (κ1) is 15.7. The van der Waals surface area contributed by atoms with E-state index in [1.165, 1.54) is 16.7 Å². The van der Waals surface area contributed by atoms with Crippen molar-refractivity contribution in [1.29, 1.82) is 0 Å². The lowest BCUT2D eigenvalue weighted by molar-refractivity contribution is 0.257. The fourth-order valence-corrected chi connectivity index (χ4v) is 2.61. The zero-order valence-electron chi connectivity index (χ0n) is 12.9. The van der Waals surface area contributed by atoms with Crippen LogP contribution < -0.4 is 5.32 Å². The van der Waals surface area contributed by atoms with Gasteiger partial charge < -0.3 is 10.4 Å². The molecule has 2 nitrogen and oxygen atoms in total. The average Bonchev–Trinajstić information content (AvgIpc) is 2.55. The van der Waals surface area contributed by atoms with Crippen LogP contribution in [0.25, 0.3) is 11.1 Å². The molecule has 2 N–H and O–H groups in total. The summed E-state index contributed by atoms with van der Waals surface area (Å²) in [4.78, 5) is 0. The van der Waals surface area contributed by atoms with E-state index in [9.17, 15) is 0 Å². The van der Waals surface area contributed by atoms with E-state index >= 15 is 0 Å². The van der Waals surface area contributed by atoms with E-state index in [1.54, 1.807) is 0 Å². The zero-order chi connectivity index (χ0) is 15.1. The Hall–Kier alpha value is -1.64. The van der Waals surface area contributed by atoms with E-state index in [0.29, 0.717) is 12.1 Å². The van der Waals surface area contributed by atoms with Crippen LogP contribution in [-0.4, -0.2) is 17.8 Å². The van der Waals surface area contributed by atoms with Crippen LogP contribution in [0.2, 0.25) is 0 Å². The third-order valence-electron chi connectivity index (χ3n) is 3.97. The summed E-state index contributed by atoms with van der Waals surface area (Å²) in [6.45, 7) is 4.57. The molecule has 0 bridgehead atoms. The predicted molar refractivity (Wildman–Crippen MR) is 89.2 cm³/mol. The molecule has 21 heavy (non-hydrogen) atoms. The highest BCUT2D eigenvalue weighted by Crippen LogP contribution is 2.22. The van der Waals surface area contributed by atoms with Gasteiger partial charge in [-0.2, -0.15) is 0 Å². The van der Waals surface area contributed by atoms with Gasteiger partial charge in [0, 0.05) is 18.7 Å². The number of hydrogen-bond donors (Lipinski definition) is 2. The van der Waals surface area contributed by atoms with Crippen molar-refractivity contribution < 1.29 is 5.11 Å². The SMILES string of the molecule is CCC(CCO)NC(C)c1ccc(-c2ccccc2)cc1. The van der Waals surface area contributed by atoms with Gasteiger partial charge in [-0.1, -0.05) is 61.5 Å². The lowest BCUT2D eigenvalue weighted by Crippen LogP contribution is -2.31. The minimum atomic E-state index is 0.241. The molecule has 2 aromatic rings. The minimum Gasteiger partial charge on any atom is -0.396 e. The largest absolute Gasteiger partial charge is 0.396 e. The number of nitrogens with one attached hydrogen (secondary N) is 1. The van der Waals surface area contributed by atoms with E-state index in [4.69, 9.17) is 5.11 Å². The quantitative estimate of drug-likeness (QED) is 0.799. The number of benzene rings is 2. The topological polar surface area (TPSA) is 32.3 Å². The maximum absolute atomic E-state index is 9.07. The fraction of sp³-hybridized carbons (Fsp3) is 0.368. The molecular weight excluding hydrogens is 258 g/mol. The molecule has 0 radical (unpaired) electrons. The van der Waals surface area contributed by atoms with E-state index < -0.39 is 0 Å². The highest BCUT2D eigenvalue weighted by molar-refractivity contribution is 5.63. The monoisotopic (exact) mass is 283 g/mol. The summed E-state index contributed by atoms with van der Waals surface area (Å²) in [5, 5.41) is 12.7. The van der Waals surface area contributed by atoms with Gasteiger partial charge in [0.15, 0.2) is 0 Å². The highest BCUT2D eigenvalue weighted by Gasteiger charge is 2.11. The molecule has 2 atom stereocenters. The molecule has 0 aliphatic heterocycles. The summed E-state index contributed by atoms with van der Waals surface area (Å²) < 4.78 is 0. The van der Waals surface area contributed by atoms with Crippen molar-refractivity contribution >= 4 is 0 Å². The Labute approximate surface area is 127 Å². The molecule has 0 amide bonds. The average molecular weight is 283 g/mol. The Morgan fingerprint density at radius 3 is 2.14 bits per heavy atom. The van der Waals surface area contributed by atoms with Crippen molar-refractivity contribution in [3.63, 3.8) is 0 Å². The molecule has 0 aliphatic carbocycles. The maximum atomic E-state index is 9.07. The zero-order valence-corrected chi connectivity index (χ0v) is 12.9. The second-order valence-corrected chi connectivity index (χ2v) is 5.49. The summed E-state index contributed by atoms with van der Waals surface area (Å²) >= 11 is 0. The third kappa shape index (κ3) is 4.42. The van der Waals surface area contributed by atoms with Crippen molar-refractivity contribution in [3.8, 4) is 11.1 Å². The Balaban J connectivity index is 2.04. The van der Waals surface area contributed by atoms with Crippen LogP contribution in [0, 0.1) is 0 Å². The van der Waals surface area contributed by atoms with Crippen LogP contribution in [-0.2, 0) is 0 Å². The van der Waals surface area contributed by atoms with Gasteiger partial charge in [-0.3, -0.25) is 0 Å². The molecular formula is C19H25NO. The predicted octanol–water partition coefficient (Wildman–Crippen LogP) is 4.17. The number of aliphatic hydroxyl groups excluding tert-OH is 1. The van der Waals surface area contributed by atoms with Crippen LogP contribution >= 0.6 is 0 Å². The van der Waals surface area contributed by atoms with Crippen LogP contribution in [0.3, 0.4) is 0 Å². The Kier molecular flexibility index (Phi) is 5.97. The van der Waals surface area contributed by atoms with Crippen LogP contribution in [0.4, 0.5) is 0 Å². The summed E-state index contributed by atoms with van der Waals surface area (Å²) in [6.07, 6.45) is 1.84. The summed E-state index contributed by atoms with van der Waals surface area (Å²) in [5.74, 6) is 0. The maximum Gasteiger partial charge on any atom is 0.0445 e. The standard InChI is InChI=1S/C19H25NO/c1-3-19(13-14-21)20-15(2)16-9-11-18(12-10-16)17-7-5-4-6-8-17/h4-12,15,19-21H,3,13-14H2,1-2H3. The normalized spacial score (nSPS) is 13.9. The molecule has 0 aromatic heterocycles. The number of rotatable bonds is 7. The molecule has 2 rings (SSSR count). The number of aliphatic hydroxyl groups is 1. The van der Waals surface area contributed by atoms with Crippen molar-refractivity contribution in [3.05, 3.63) is 60.2 Å². The molecule has 0 spiro atoms. The van der Waals surface area contributed by atoms with Gasteiger partial charge in [-0.05, 0) is 36.5 Å². The molecule has 2 aromatic carbocycles. The Morgan fingerprint density at radius 1 is 0.952 bits per heavy atom. The number of hydrogen-bond acceptors (Lipinski definition) is 2. The molecule has 0 saturated heterocycles. The second-order valence-electron chi connectivity index (χ2n) is 5.49. The first-order valence-electron chi connectivity index (χ1n) is 7.77. The smallest absolute Gasteiger partial charge is 0.0445 e. The molecule has 0 aliphatic rings. The summed E-state index contributed by atoms with van der Waals surface area (Å²) in [6, 6.07) is 19.8. The summed E-state index contributed by atoms with van der Waals surface area (Å²) in [7, 11) is 0. The van der Waals surface area contributed by atoms with E-state index in [0.717, 1.165) is 12.8 Å². The van der Waals surface area contributed by atoms with Gasteiger partial charge in [0.1, 0.15) is 0 Å². The van der Waals surface area contributed by atoms with E-state index in [2.05, 4.69) is 67.7 Å². The molecule has 0 heterocycles.